The summed E-state index contributed by atoms with van der Waals surface area (Å²) in [6.45, 7) is 4.59. The molecule has 1 unspecified atom stereocenters. The molecule has 0 saturated carbocycles. The zero-order valence-corrected chi connectivity index (χ0v) is 14.0. The molecule has 1 aromatic carbocycles. The Balaban J connectivity index is 1.93. The van der Waals surface area contributed by atoms with Crippen LogP contribution in [0.1, 0.15) is 95.1 Å². The second-order valence-electron chi connectivity index (χ2n) is 6.56. The molecule has 2 rings (SSSR count). The molecule has 1 aliphatic rings. The summed E-state index contributed by atoms with van der Waals surface area (Å²) in [5.74, 6) is 0.722. The Morgan fingerprint density at radius 3 is 2.29 bits per heavy atom. The fourth-order valence-electron chi connectivity index (χ4n) is 3.58. The Bertz CT molecular complexity index is 441. The average Bonchev–Trinajstić information content (AvgIpc) is 2.86. The van der Waals surface area contributed by atoms with E-state index >= 15 is 0 Å². The van der Waals surface area contributed by atoms with Crippen molar-refractivity contribution < 1.29 is 0 Å². The molecule has 1 aromatic rings. The minimum absolute atomic E-state index is 0.722. The Kier molecular flexibility index (Phi) is 7.06. The first-order valence-electron chi connectivity index (χ1n) is 9.16. The molecular formula is C21H32. The van der Waals surface area contributed by atoms with Crippen LogP contribution in [0.25, 0.3) is 6.08 Å². The highest BCUT2D eigenvalue weighted by Gasteiger charge is 2.23. The van der Waals surface area contributed by atoms with Gasteiger partial charge in [0.1, 0.15) is 0 Å². The maximum absolute atomic E-state index is 2.49. The molecule has 21 heavy (non-hydrogen) atoms. The van der Waals surface area contributed by atoms with E-state index in [1.54, 1.807) is 11.1 Å². The summed E-state index contributed by atoms with van der Waals surface area (Å²) in [6.07, 6.45) is 16.2. The summed E-state index contributed by atoms with van der Waals surface area (Å²) in [5.41, 5.74) is 4.80. The summed E-state index contributed by atoms with van der Waals surface area (Å²) in [7, 11) is 0. The molecule has 0 heterocycles. The van der Waals surface area contributed by atoms with Crippen LogP contribution in [-0.2, 0) is 0 Å². The summed E-state index contributed by atoms with van der Waals surface area (Å²) in [5, 5.41) is 0. The largest absolute Gasteiger partial charge is 0.0654 e. The van der Waals surface area contributed by atoms with Gasteiger partial charge in [-0.3, -0.25) is 0 Å². The molecule has 0 radical (unpaired) electrons. The van der Waals surface area contributed by atoms with Gasteiger partial charge in [0, 0.05) is 5.92 Å². The lowest BCUT2D eigenvalue weighted by Gasteiger charge is -2.17. The molecule has 116 valence electrons. The smallest absolute Gasteiger partial charge is 0.00574 e. The van der Waals surface area contributed by atoms with E-state index in [-0.39, 0.29) is 0 Å². The van der Waals surface area contributed by atoms with Crippen LogP contribution < -0.4 is 0 Å². The van der Waals surface area contributed by atoms with E-state index in [1.165, 1.54) is 69.8 Å². The van der Waals surface area contributed by atoms with Crippen LogP contribution >= 0.6 is 0 Å². The first-order chi connectivity index (χ1) is 10.4. The van der Waals surface area contributed by atoms with Crippen molar-refractivity contribution in [1.29, 1.82) is 0 Å². The van der Waals surface area contributed by atoms with Crippen molar-refractivity contribution in [3.8, 4) is 0 Å². The highest BCUT2D eigenvalue weighted by molar-refractivity contribution is 5.66. The highest BCUT2D eigenvalue weighted by Crippen LogP contribution is 2.41. The number of allylic oxidation sites excluding steroid dienone is 1. The number of hydrogen-bond donors (Lipinski definition) is 0. The van der Waals surface area contributed by atoms with Gasteiger partial charge in [0.2, 0.25) is 0 Å². The molecule has 0 aliphatic heterocycles. The van der Waals surface area contributed by atoms with Crippen LogP contribution in [0, 0.1) is 0 Å². The van der Waals surface area contributed by atoms with Gasteiger partial charge in [0.25, 0.3) is 0 Å². The molecule has 0 amide bonds. The quantitative estimate of drug-likeness (QED) is 0.402. The number of unbranched alkanes of at least 4 members (excludes halogenated alkanes) is 6. The third kappa shape index (κ3) is 4.73. The van der Waals surface area contributed by atoms with Crippen molar-refractivity contribution in [2.24, 2.45) is 0 Å². The van der Waals surface area contributed by atoms with Crippen molar-refractivity contribution >= 4 is 6.08 Å². The number of benzene rings is 1. The predicted molar refractivity (Wildman–Crippen MR) is 94.7 cm³/mol. The van der Waals surface area contributed by atoms with Gasteiger partial charge in [-0.25, -0.2) is 0 Å². The van der Waals surface area contributed by atoms with Crippen LogP contribution in [0.3, 0.4) is 0 Å². The Morgan fingerprint density at radius 2 is 1.52 bits per heavy atom. The van der Waals surface area contributed by atoms with Crippen molar-refractivity contribution in [2.75, 3.05) is 0 Å². The van der Waals surface area contributed by atoms with Gasteiger partial charge in [-0.05, 0) is 30.4 Å². The fourth-order valence-corrected chi connectivity index (χ4v) is 3.58. The monoisotopic (exact) mass is 284 g/mol. The molecule has 0 fully saturated rings. The predicted octanol–water partition coefficient (Wildman–Crippen LogP) is 7.11. The lowest BCUT2D eigenvalue weighted by molar-refractivity contribution is 0.575. The second-order valence-corrected chi connectivity index (χ2v) is 6.56. The summed E-state index contributed by atoms with van der Waals surface area (Å²) in [6, 6.07) is 9.05. The number of rotatable bonds is 10. The lowest BCUT2D eigenvalue weighted by atomic mass is 9.88. The first kappa shape index (κ1) is 16.3. The van der Waals surface area contributed by atoms with Gasteiger partial charge < -0.3 is 0 Å². The highest BCUT2D eigenvalue weighted by atomic mass is 14.3. The summed E-state index contributed by atoms with van der Waals surface area (Å²) in [4.78, 5) is 0. The van der Waals surface area contributed by atoms with Gasteiger partial charge in [-0.15, -0.1) is 0 Å². The minimum Gasteiger partial charge on any atom is -0.0654 e. The van der Waals surface area contributed by atoms with Crippen molar-refractivity contribution in [3.05, 3.63) is 41.0 Å². The van der Waals surface area contributed by atoms with Crippen LogP contribution in [0.5, 0.6) is 0 Å². The first-order valence-corrected chi connectivity index (χ1v) is 9.16. The zero-order valence-electron chi connectivity index (χ0n) is 14.0. The van der Waals surface area contributed by atoms with Crippen molar-refractivity contribution in [2.45, 2.75) is 84.0 Å². The Labute approximate surface area is 131 Å². The SMILES string of the molecule is CCCCCCC1=Cc2ccccc2C1CCCCCC. The number of hydrogen-bond acceptors (Lipinski definition) is 0. The standard InChI is InChI=1S/C21H32/c1-3-5-7-9-13-18-17-19-14-11-12-16-21(19)20(18)15-10-8-6-4-2/h11-12,14,16-17,20H,3-10,13,15H2,1-2H3. The molecule has 0 nitrogen and oxygen atoms in total. The molecule has 1 atom stereocenters. The molecule has 0 saturated heterocycles. The van der Waals surface area contributed by atoms with Crippen LogP contribution in [0.2, 0.25) is 0 Å². The van der Waals surface area contributed by atoms with Gasteiger partial charge in [-0.1, -0.05) is 94.7 Å². The average molecular weight is 284 g/mol. The van der Waals surface area contributed by atoms with E-state index in [2.05, 4.69) is 44.2 Å². The molecular weight excluding hydrogens is 252 g/mol. The topological polar surface area (TPSA) is 0 Å². The van der Waals surface area contributed by atoms with Gasteiger partial charge in [0.05, 0.1) is 0 Å². The van der Waals surface area contributed by atoms with E-state index in [4.69, 9.17) is 0 Å². The third-order valence-electron chi connectivity index (χ3n) is 4.83. The summed E-state index contributed by atoms with van der Waals surface area (Å²) >= 11 is 0. The molecule has 0 aromatic heterocycles. The zero-order chi connectivity index (χ0) is 14.9. The second kappa shape index (κ2) is 9.07. The molecule has 1 aliphatic carbocycles. The molecule has 0 N–H and O–H groups in total. The minimum atomic E-state index is 0.722. The van der Waals surface area contributed by atoms with Crippen LogP contribution in [-0.4, -0.2) is 0 Å². The lowest BCUT2D eigenvalue weighted by Crippen LogP contribution is -2.00. The van der Waals surface area contributed by atoms with E-state index in [0.717, 1.165) is 5.92 Å². The van der Waals surface area contributed by atoms with E-state index < -0.39 is 0 Å². The molecule has 0 bridgehead atoms. The molecule has 0 spiro atoms. The maximum Gasteiger partial charge on any atom is 0.00574 e. The molecule has 0 heteroatoms. The van der Waals surface area contributed by atoms with Gasteiger partial charge in [-0.2, -0.15) is 0 Å². The fraction of sp³-hybridized carbons (Fsp3) is 0.619. The number of fused-ring (bicyclic) bond motifs is 1. The normalized spacial score (nSPS) is 16.9. The van der Waals surface area contributed by atoms with Gasteiger partial charge >= 0.3 is 0 Å². The Morgan fingerprint density at radius 1 is 0.810 bits per heavy atom. The van der Waals surface area contributed by atoms with Gasteiger partial charge in [0.15, 0.2) is 0 Å². The van der Waals surface area contributed by atoms with Crippen molar-refractivity contribution in [3.63, 3.8) is 0 Å². The van der Waals surface area contributed by atoms with E-state index in [1.807, 2.05) is 0 Å². The van der Waals surface area contributed by atoms with Crippen molar-refractivity contribution in [1.82, 2.24) is 0 Å². The van der Waals surface area contributed by atoms with E-state index in [0.29, 0.717) is 0 Å². The van der Waals surface area contributed by atoms with Crippen LogP contribution in [0.15, 0.2) is 29.8 Å². The Hall–Kier alpha value is -1.04. The van der Waals surface area contributed by atoms with E-state index in [9.17, 15) is 0 Å². The third-order valence-corrected chi connectivity index (χ3v) is 4.83. The maximum atomic E-state index is 2.49. The summed E-state index contributed by atoms with van der Waals surface area (Å²) < 4.78 is 0. The van der Waals surface area contributed by atoms with Crippen LogP contribution in [0.4, 0.5) is 0 Å².